The van der Waals surface area contributed by atoms with Crippen LogP contribution in [0.4, 0.5) is 0 Å². The minimum Gasteiger partial charge on any atom is -0.350 e. The SMILES string of the molecule is CC(NC(=O)CC1CC2CCC(C1)N2)c1cccc(Cl)c1. The van der Waals surface area contributed by atoms with E-state index in [0.717, 1.165) is 18.4 Å². The van der Waals surface area contributed by atoms with E-state index >= 15 is 0 Å². The van der Waals surface area contributed by atoms with Crippen molar-refractivity contribution >= 4 is 17.5 Å². The van der Waals surface area contributed by atoms with E-state index < -0.39 is 0 Å². The molecule has 1 aromatic rings. The lowest BCUT2D eigenvalue weighted by Gasteiger charge is -2.29. The normalized spacial score (nSPS) is 29.1. The summed E-state index contributed by atoms with van der Waals surface area (Å²) in [5.74, 6) is 0.698. The van der Waals surface area contributed by atoms with Crippen molar-refractivity contribution in [2.45, 2.75) is 57.2 Å². The molecule has 3 rings (SSSR count). The van der Waals surface area contributed by atoms with E-state index in [9.17, 15) is 4.79 Å². The summed E-state index contributed by atoms with van der Waals surface area (Å²) >= 11 is 6.00. The van der Waals surface area contributed by atoms with Crippen molar-refractivity contribution in [1.82, 2.24) is 10.6 Å². The van der Waals surface area contributed by atoms with Gasteiger partial charge in [-0.25, -0.2) is 0 Å². The molecule has 1 aromatic carbocycles. The molecule has 0 radical (unpaired) electrons. The van der Waals surface area contributed by atoms with E-state index in [-0.39, 0.29) is 11.9 Å². The molecule has 114 valence electrons. The van der Waals surface area contributed by atoms with Crippen LogP contribution in [-0.4, -0.2) is 18.0 Å². The predicted molar refractivity (Wildman–Crippen MR) is 85.3 cm³/mol. The molecule has 2 bridgehead atoms. The van der Waals surface area contributed by atoms with Gasteiger partial charge in [0.15, 0.2) is 0 Å². The van der Waals surface area contributed by atoms with Crippen LogP contribution in [0, 0.1) is 5.92 Å². The van der Waals surface area contributed by atoms with Gasteiger partial charge in [-0.2, -0.15) is 0 Å². The van der Waals surface area contributed by atoms with E-state index in [1.54, 1.807) is 0 Å². The number of fused-ring (bicyclic) bond motifs is 2. The highest BCUT2D eigenvalue weighted by atomic mass is 35.5. The summed E-state index contributed by atoms with van der Waals surface area (Å²) in [7, 11) is 0. The minimum absolute atomic E-state index is 0.00892. The minimum atomic E-state index is 0.00892. The first-order valence-corrected chi connectivity index (χ1v) is 8.29. The van der Waals surface area contributed by atoms with Crippen molar-refractivity contribution in [3.8, 4) is 0 Å². The summed E-state index contributed by atoms with van der Waals surface area (Å²) in [4.78, 5) is 12.2. The molecule has 2 aliphatic rings. The summed E-state index contributed by atoms with van der Waals surface area (Å²) in [5, 5.41) is 7.43. The molecule has 2 fully saturated rings. The first-order chi connectivity index (χ1) is 10.1. The van der Waals surface area contributed by atoms with E-state index in [0.29, 0.717) is 29.4 Å². The summed E-state index contributed by atoms with van der Waals surface area (Å²) < 4.78 is 0. The molecule has 0 aromatic heterocycles. The molecule has 3 nitrogen and oxygen atoms in total. The van der Waals surface area contributed by atoms with Crippen molar-refractivity contribution in [2.75, 3.05) is 0 Å². The van der Waals surface area contributed by atoms with Crippen LogP contribution in [0.25, 0.3) is 0 Å². The van der Waals surface area contributed by atoms with Gasteiger partial charge in [0.1, 0.15) is 0 Å². The maximum Gasteiger partial charge on any atom is 0.220 e. The highest BCUT2D eigenvalue weighted by molar-refractivity contribution is 6.30. The third-order valence-corrected chi connectivity index (χ3v) is 5.01. The van der Waals surface area contributed by atoms with Crippen LogP contribution < -0.4 is 10.6 Å². The lowest BCUT2D eigenvalue weighted by atomic mass is 9.89. The number of halogens is 1. The Morgan fingerprint density at radius 2 is 2.10 bits per heavy atom. The average Bonchev–Trinajstić information content (AvgIpc) is 2.77. The maximum atomic E-state index is 12.2. The number of carbonyl (C=O) groups is 1. The number of nitrogens with one attached hydrogen (secondary N) is 2. The lowest BCUT2D eigenvalue weighted by molar-refractivity contribution is -0.122. The quantitative estimate of drug-likeness (QED) is 0.894. The van der Waals surface area contributed by atoms with Crippen LogP contribution in [0.5, 0.6) is 0 Å². The summed E-state index contributed by atoms with van der Waals surface area (Å²) in [5.41, 5.74) is 1.06. The van der Waals surface area contributed by atoms with Gasteiger partial charge in [-0.15, -0.1) is 0 Å². The number of rotatable bonds is 4. The second-order valence-electron chi connectivity index (χ2n) is 6.52. The van der Waals surface area contributed by atoms with Crippen molar-refractivity contribution in [3.63, 3.8) is 0 Å². The summed E-state index contributed by atoms with van der Waals surface area (Å²) in [6.45, 7) is 2.01. The number of piperidine rings is 1. The fraction of sp³-hybridized carbons (Fsp3) is 0.588. The van der Waals surface area contributed by atoms with Gasteiger partial charge in [0.05, 0.1) is 6.04 Å². The molecule has 21 heavy (non-hydrogen) atoms. The van der Waals surface area contributed by atoms with Crippen LogP contribution in [0.1, 0.15) is 50.6 Å². The molecule has 3 unspecified atom stereocenters. The number of benzene rings is 1. The standard InChI is InChI=1S/C17H23ClN2O/c1-11(13-3-2-4-14(18)10-13)19-17(21)9-12-7-15-5-6-16(8-12)20-15/h2-4,10-12,15-16,20H,5-9H2,1H3,(H,19,21). The molecule has 0 aliphatic carbocycles. The molecular formula is C17H23ClN2O. The maximum absolute atomic E-state index is 12.2. The Morgan fingerprint density at radius 1 is 1.38 bits per heavy atom. The van der Waals surface area contributed by atoms with Gasteiger partial charge in [0, 0.05) is 23.5 Å². The first-order valence-electron chi connectivity index (χ1n) is 7.91. The number of hydrogen-bond acceptors (Lipinski definition) is 2. The van der Waals surface area contributed by atoms with Crippen LogP contribution in [0.2, 0.25) is 5.02 Å². The first kappa shape index (κ1) is 14.9. The lowest BCUT2D eigenvalue weighted by Crippen LogP contribution is -2.40. The van der Waals surface area contributed by atoms with Crippen molar-refractivity contribution < 1.29 is 4.79 Å². The smallest absolute Gasteiger partial charge is 0.220 e. The Hall–Kier alpha value is -1.06. The number of carbonyl (C=O) groups excluding carboxylic acids is 1. The molecular weight excluding hydrogens is 284 g/mol. The van der Waals surface area contributed by atoms with Crippen molar-refractivity contribution in [2.24, 2.45) is 5.92 Å². The fourth-order valence-corrected chi connectivity index (χ4v) is 3.96. The predicted octanol–water partition coefficient (Wildman–Crippen LogP) is 3.44. The zero-order valence-corrected chi connectivity index (χ0v) is 13.2. The number of hydrogen-bond donors (Lipinski definition) is 2. The van der Waals surface area contributed by atoms with Gasteiger partial charge in [-0.3, -0.25) is 4.79 Å². The fourth-order valence-electron chi connectivity index (χ4n) is 3.76. The van der Waals surface area contributed by atoms with E-state index in [4.69, 9.17) is 11.6 Å². The highest BCUT2D eigenvalue weighted by Gasteiger charge is 2.34. The third kappa shape index (κ3) is 3.78. The van der Waals surface area contributed by atoms with Gasteiger partial charge in [0.2, 0.25) is 5.91 Å². The zero-order valence-electron chi connectivity index (χ0n) is 12.4. The molecule has 2 saturated heterocycles. The Labute approximate surface area is 131 Å². The molecule has 2 aliphatic heterocycles. The van der Waals surface area contributed by atoms with Gasteiger partial charge >= 0.3 is 0 Å². The summed E-state index contributed by atoms with van der Waals surface area (Å²) in [6, 6.07) is 8.99. The van der Waals surface area contributed by atoms with Gasteiger partial charge < -0.3 is 10.6 Å². The largest absolute Gasteiger partial charge is 0.350 e. The van der Waals surface area contributed by atoms with E-state index in [1.165, 1.54) is 12.8 Å². The van der Waals surface area contributed by atoms with Crippen LogP contribution in [-0.2, 0) is 4.79 Å². The Balaban J connectivity index is 1.52. The van der Waals surface area contributed by atoms with E-state index in [2.05, 4.69) is 10.6 Å². The molecule has 2 heterocycles. The summed E-state index contributed by atoms with van der Waals surface area (Å²) in [6.07, 6.45) is 5.51. The molecule has 0 saturated carbocycles. The van der Waals surface area contributed by atoms with Crippen molar-refractivity contribution in [3.05, 3.63) is 34.9 Å². The second-order valence-corrected chi connectivity index (χ2v) is 6.96. The second kappa shape index (κ2) is 6.37. The monoisotopic (exact) mass is 306 g/mol. The topological polar surface area (TPSA) is 41.1 Å². The van der Waals surface area contributed by atoms with E-state index in [1.807, 2.05) is 31.2 Å². The van der Waals surface area contributed by atoms with Gasteiger partial charge in [-0.05, 0) is 56.2 Å². The van der Waals surface area contributed by atoms with Gasteiger partial charge in [0.25, 0.3) is 0 Å². The molecule has 4 heteroatoms. The molecule has 1 amide bonds. The van der Waals surface area contributed by atoms with Crippen LogP contribution in [0.15, 0.2) is 24.3 Å². The third-order valence-electron chi connectivity index (χ3n) is 4.77. The molecule has 3 atom stereocenters. The van der Waals surface area contributed by atoms with Crippen LogP contribution >= 0.6 is 11.6 Å². The zero-order chi connectivity index (χ0) is 14.8. The van der Waals surface area contributed by atoms with Crippen LogP contribution in [0.3, 0.4) is 0 Å². The highest BCUT2D eigenvalue weighted by Crippen LogP contribution is 2.32. The molecule has 0 spiro atoms. The Morgan fingerprint density at radius 3 is 2.76 bits per heavy atom. The number of amides is 1. The van der Waals surface area contributed by atoms with Gasteiger partial charge in [-0.1, -0.05) is 23.7 Å². The Kier molecular flexibility index (Phi) is 4.51. The Bertz CT molecular complexity index is 507. The molecule has 2 N–H and O–H groups in total. The average molecular weight is 307 g/mol. The van der Waals surface area contributed by atoms with Crippen molar-refractivity contribution in [1.29, 1.82) is 0 Å².